The first-order valence-electron chi connectivity index (χ1n) is 8.29. The van der Waals surface area contributed by atoms with Crippen LogP contribution in [0.2, 0.25) is 0 Å². The van der Waals surface area contributed by atoms with Gasteiger partial charge in [0.2, 0.25) is 0 Å². The van der Waals surface area contributed by atoms with Gasteiger partial charge in [-0.15, -0.1) is 0 Å². The van der Waals surface area contributed by atoms with Gasteiger partial charge in [0.15, 0.2) is 0 Å². The third kappa shape index (κ3) is 1.72. The molecule has 0 amide bonds. The number of fused-ring (bicyclic) bond motifs is 2. The summed E-state index contributed by atoms with van der Waals surface area (Å²) in [4.78, 5) is 2.43. The highest BCUT2D eigenvalue weighted by Gasteiger charge is 2.42. The molecule has 1 fully saturated rings. The molecular formula is C19H21N3. The summed E-state index contributed by atoms with van der Waals surface area (Å²) in [6, 6.07) is 9.00. The van der Waals surface area contributed by atoms with Crippen LogP contribution in [-0.2, 0) is 0 Å². The summed E-state index contributed by atoms with van der Waals surface area (Å²) < 4.78 is 0. The second kappa shape index (κ2) is 4.50. The lowest BCUT2D eigenvalue weighted by Crippen LogP contribution is -2.41. The van der Waals surface area contributed by atoms with Crippen molar-refractivity contribution < 1.29 is 0 Å². The molecule has 1 aromatic rings. The SMILES string of the molecule is C1=CN2c3ccccc3NC=C3CC4(C=C1[C@@H]32)CCNCC4. The molecule has 4 aliphatic rings. The van der Waals surface area contributed by atoms with Gasteiger partial charge in [-0.05, 0) is 67.1 Å². The molecule has 0 saturated carbocycles. The molecule has 1 aromatic carbocycles. The molecule has 0 radical (unpaired) electrons. The lowest BCUT2D eigenvalue weighted by atomic mass is 9.67. The molecule has 5 rings (SSSR count). The van der Waals surface area contributed by atoms with Gasteiger partial charge >= 0.3 is 0 Å². The summed E-state index contributed by atoms with van der Waals surface area (Å²) in [6.07, 6.45) is 13.1. The summed E-state index contributed by atoms with van der Waals surface area (Å²) in [5.41, 5.74) is 5.86. The molecule has 0 bridgehead atoms. The van der Waals surface area contributed by atoms with Crippen molar-refractivity contribution in [1.82, 2.24) is 5.32 Å². The molecule has 112 valence electrons. The Hall–Kier alpha value is -2.00. The number of para-hydroxylation sites is 2. The standard InChI is InChI=1S/C19H21N3/c1-2-4-17-16(3-1)21-13-15-12-19(6-8-20-9-7-19)11-14-5-10-22(17)18(14)15/h1-5,10-11,13,18,20-21H,6-9,12H2/t18-/m0/s1. The third-order valence-electron chi connectivity index (χ3n) is 5.60. The van der Waals surface area contributed by atoms with Crippen molar-refractivity contribution in [2.24, 2.45) is 5.41 Å². The van der Waals surface area contributed by atoms with Crippen molar-refractivity contribution in [1.29, 1.82) is 0 Å². The highest BCUT2D eigenvalue weighted by Crippen LogP contribution is 2.49. The molecule has 1 aliphatic carbocycles. The number of nitrogens with zero attached hydrogens (tertiary/aromatic N) is 1. The Morgan fingerprint density at radius 1 is 1.14 bits per heavy atom. The zero-order valence-corrected chi connectivity index (χ0v) is 12.7. The third-order valence-corrected chi connectivity index (χ3v) is 5.60. The normalized spacial score (nSPS) is 27.5. The summed E-state index contributed by atoms with van der Waals surface area (Å²) in [7, 11) is 0. The Morgan fingerprint density at radius 2 is 2.00 bits per heavy atom. The quantitative estimate of drug-likeness (QED) is 0.767. The van der Waals surface area contributed by atoms with Gasteiger partial charge in [-0.2, -0.15) is 0 Å². The van der Waals surface area contributed by atoms with Crippen LogP contribution in [0.4, 0.5) is 11.4 Å². The molecule has 3 heteroatoms. The molecule has 22 heavy (non-hydrogen) atoms. The predicted octanol–water partition coefficient (Wildman–Crippen LogP) is 3.40. The smallest absolute Gasteiger partial charge is 0.0814 e. The average Bonchev–Trinajstić information content (AvgIpc) is 2.89. The average molecular weight is 291 g/mol. The monoisotopic (exact) mass is 291 g/mol. The van der Waals surface area contributed by atoms with Crippen molar-refractivity contribution in [3.05, 3.63) is 60.0 Å². The van der Waals surface area contributed by atoms with E-state index >= 15 is 0 Å². The number of rotatable bonds is 0. The van der Waals surface area contributed by atoms with E-state index in [1.807, 2.05) is 0 Å². The lowest BCUT2D eigenvalue weighted by molar-refractivity contribution is 0.258. The van der Waals surface area contributed by atoms with Crippen LogP contribution in [0.5, 0.6) is 0 Å². The highest BCUT2D eigenvalue weighted by molar-refractivity contribution is 5.78. The van der Waals surface area contributed by atoms with Crippen LogP contribution < -0.4 is 15.5 Å². The molecule has 1 saturated heterocycles. The summed E-state index contributed by atoms with van der Waals surface area (Å²) in [5, 5.41) is 7.06. The Kier molecular flexibility index (Phi) is 2.56. The minimum Gasteiger partial charge on any atom is -0.360 e. The van der Waals surface area contributed by atoms with Crippen molar-refractivity contribution in [2.75, 3.05) is 23.3 Å². The van der Waals surface area contributed by atoms with Crippen molar-refractivity contribution >= 4 is 11.4 Å². The van der Waals surface area contributed by atoms with E-state index in [9.17, 15) is 0 Å². The fourth-order valence-electron chi connectivity index (χ4n) is 4.52. The first kappa shape index (κ1) is 12.5. The molecule has 0 aromatic heterocycles. The maximum atomic E-state index is 3.55. The van der Waals surface area contributed by atoms with Gasteiger partial charge in [0, 0.05) is 12.4 Å². The predicted molar refractivity (Wildman–Crippen MR) is 90.8 cm³/mol. The van der Waals surface area contributed by atoms with Crippen LogP contribution in [0, 0.1) is 5.41 Å². The Bertz CT molecular complexity index is 707. The topological polar surface area (TPSA) is 27.3 Å². The van der Waals surface area contributed by atoms with Crippen LogP contribution in [-0.4, -0.2) is 19.1 Å². The summed E-state index contributed by atoms with van der Waals surface area (Å²) in [6.45, 7) is 2.28. The Morgan fingerprint density at radius 3 is 2.91 bits per heavy atom. The molecule has 1 spiro atoms. The lowest BCUT2D eigenvalue weighted by Gasteiger charge is -2.42. The fraction of sp³-hybridized carbons (Fsp3) is 0.368. The van der Waals surface area contributed by atoms with E-state index in [1.165, 1.54) is 41.8 Å². The van der Waals surface area contributed by atoms with Gasteiger partial charge in [0.25, 0.3) is 0 Å². The van der Waals surface area contributed by atoms with Crippen LogP contribution in [0.3, 0.4) is 0 Å². The largest absolute Gasteiger partial charge is 0.360 e. The van der Waals surface area contributed by atoms with Gasteiger partial charge in [0.05, 0.1) is 17.4 Å². The number of piperidine rings is 1. The minimum atomic E-state index is 0.363. The van der Waals surface area contributed by atoms with Gasteiger partial charge in [0.1, 0.15) is 0 Å². The van der Waals surface area contributed by atoms with E-state index in [2.05, 4.69) is 64.4 Å². The zero-order valence-electron chi connectivity index (χ0n) is 12.7. The maximum absolute atomic E-state index is 3.55. The van der Waals surface area contributed by atoms with Gasteiger partial charge in [-0.1, -0.05) is 18.2 Å². The molecular weight excluding hydrogens is 270 g/mol. The van der Waals surface area contributed by atoms with E-state index < -0.39 is 0 Å². The molecule has 3 heterocycles. The molecule has 3 aliphatic heterocycles. The number of allylic oxidation sites excluding steroid dienone is 1. The van der Waals surface area contributed by atoms with Crippen molar-refractivity contribution in [3.63, 3.8) is 0 Å². The second-order valence-electron chi connectivity index (χ2n) is 6.94. The molecule has 0 unspecified atom stereocenters. The highest BCUT2D eigenvalue weighted by atomic mass is 15.2. The minimum absolute atomic E-state index is 0.363. The molecule has 2 N–H and O–H groups in total. The van der Waals surface area contributed by atoms with Gasteiger partial charge in [-0.3, -0.25) is 0 Å². The van der Waals surface area contributed by atoms with E-state index in [4.69, 9.17) is 0 Å². The number of nitrogens with one attached hydrogen (secondary N) is 2. The van der Waals surface area contributed by atoms with Crippen LogP contribution in [0.25, 0.3) is 0 Å². The summed E-state index contributed by atoms with van der Waals surface area (Å²) >= 11 is 0. The van der Waals surface area contributed by atoms with Gasteiger partial charge in [-0.25, -0.2) is 0 Å². The van der Waals surface area contributed by atoms with Crippen LogP contribution in [0.15, 0.2) is 60.0 Å². The first-order chi connectivity index (χ1) is 10.8. The van der Waals surface area contributed by atoms with Crippen molar-refractivity contribution in [2.45, 2.75) is 25.3 Å². The van der Waals surface area contributed by atoms with E-state index in [1.54, 1.807) is 0 Å². The first-order valence-corrected chi connectivity index (χ1v) is 8.29. The fourth-order valence-corrected chi connectivity index (χ4v) is 4.52. The number of hydrogen-bond acceptors (Lipinski definition) is 3. The van der Waals surface area contributed by atoms with E-state index in [-0.39, 0.29) is 0 Å². The van der Waals surface area contributed by atoms with E-state index in [0.717, 1.165) is 13.1 Å². The number of benzene rings is 1. The number of hydrogen-bond donors (Lipinski definition) is 2. The summed E-state index contributed by atoms with van der Waals surface area (Å²) in [5.74, 6) is 0. The van der Waals surface area contributed by atoms with Crippen molar-refractivity contribution in [3.8, 4) is 0 Å². The van der Waals surface area contributed by atoms with Gasteiger partial charge < -0.3 is 15.5 Å². The second-order valence-corrected chi connectivity index (χ2v) is 6.94. The van der Waals surface area contributed by atoms with Crippen LogP contribution in [0.1, 0.15) is 19.3 Å². The number of anilines is 2. The zero-order chi connectivity index (χ0) is 14.6. The Labute approximate surface area is 131 Å². The Balaban J connectivity index is 1.62. The molecule has 1 atom stereocenters. The maximum Gasteiger partial charge on any atom is 0.0814 e. The molecule has 3 nitrogen and oxygen atoms in total. The van der Waals surface area contributed by atoms with E-state index in [0.29, 0.717) is 11.5 Å². The van der Waals surface area contributed by atoms with Crippen LogP contribution >= 0.6 is 0 Å².